The summed E-state index contributed by atoms with van der Waals surface area (Å²) in [6.45, 7) is 5.61. The number of carbonyl (C=O) groups excluding carboxylic acids is 1. The van der Waals surface area contributed by atoms with Crippen molar-refractivity contribution in [2.45, 2.75) is 26.7 Å². The lowest BCUT2D eigenvalue weighted by atomic mass is 10.00. The van der Waals surface area contributed by atoms with Gasteiger partial charge in [0, 0.05) is 18.8 Å². The first-order valence-corrected chi connectivity index (χ1v) is 6.38. The number of benzene rings is 1. The molecule has 1 fully saturated rings. The normalized spacial score (nSPS) is 16.7. The van der Waals surface area contributed by atoms with Crippen LogP contribution in [0.1, 0.15) is 25.3 Å². The highest BCUT2D eigenvalue weighted by atomic mass is 19.1. The minimum Gasteiger partial charge on any atom is -0.325 e. The van der Waals surface area contributed by atoms with E-state index in [9.17, 15) is 9.18 Å². The van der Waals surface area contributed by atoms with Gasteiger partial charge in [-0.25, -0.2) is 9.18 Å². The molecule has 0 saturated carbocycles. The zero-order chi connectivity index (χ0) is 13.1. The van der Waals surface area contributed by atoms with E-state index in [0.717, 1.165) is 31.5 Å². The van der Waals surface area contributed by atoms with Crippen molar-refractivity contribution in [1.29, 1.82) is 0 Å². The molecule has 98 valence electrons. The third-order valence-corrected chi connectivity index (χ3v) is 3.51. The van der Waals surface area contributed by atoms with Gasteiger partial charge in [0.15, 0.2) is 0 Å². The maximum Gasteiger partial charge on any atom is 0.321 e. The van der Waals surface area contributed by atoms with Crippen LogP contribution in [0.5, 0.6) is 0 Å². The molecule has 2 rings (SSSR count). The Balaban J connectivity index is 2.00. The van der Waals surface area contributed by atoms with Gasteiger partial charge < -0.3 is 10.2 Å². The summed E-state index contributed by atoms with van der Waals surface area (Å²) in [6.07, 6.45) is 2.07. The summed E-state index contributed by atoms with van der Waals surface area (Å²) in [5.74, 6) is 0.355. The maximum absolute atomic E-state index is 13.1. The van der Waals surface area contributed by atoms with Crippen LogP contribution in [-0.4, -0.2) is 24.0 Å². The smallest absolute Gasteiger partial charge is 0.321 e. The van der Waals surface area contributed by atoms with Crippen LogP contribution in [0.4, 0.5) is 14.9 Å². The van der Waals surface area contributed by atoms with Gasteiger partial charge in [0.1, 0.15) is 5.82 Å². The summed E-state index contributed by atoms with van der Waals surface area (Å²) in [7, 11) is 0. The minimum absolute atomic E-state index is 0.129. The van der Waals surface area contributed by atoms with E-state index in [4.69, 9.17) is 0 Å². The Bertz CT molecular complexity index is 439. The SMILES string of the molecule is Cc1ccc(F)cc1NC(=O)N1CCC(C)CC1. The Kier molecular flexibility index (Phi) is 3.84. The first-order valence-electron chi connectivity index (χ1n) is 6.38. The number of likely N-dealkylation sites (tertiary alicyclic amines) is 1. The fourth-order valence-corrected chi connectivity index (χ4v) is 2.13. The maximum atomic E-state index is 13.1. The second-order valence-electron chi connectivity index (χ2n) is 5.06. The molecule has 1 N–H and O–H groups in total. The first kappa shape index (κ1) is 12.9. The quantitative estimate of drug-likeness (QED) is 0.814. The number of carbonyl (C=O) groups is 1. The van der Waals surface area contributed by atoms with E-state index in [0.29, 0.717) is 11.6 Å². The van der Waals surface area contributed by atoms with E-state index < -0.39 is 0 Å². The van der Waals surface area contributed by atoms with Crippen LogP contribution in [-0.2, 0) is 0 Å². The first-order chi connectivity index (χ1) is 8.56. The molecule has 18 heavy (non-hydrogen) atoms. The topological polar surface area (TPSA) is 32.3 Å². The molecule has 0 atom stereocenters. The van der Waals surface area contributed by atoms with E-state index in [1.165, 1.54) is 12.1 Å². The Labute approximate surface area is 107 Å². The van der Waals surface area contributed by atoms with Crippen molar-refractivity contribution < 1.29 is 9.18 Å². The third kappa shape index (κ3) is 3.00. The summed E-state index contributed by atoms with van der Waals surface area (Å²) < 4.78 is 13.1. The van der Waals surface area contributed by atoms with Gasteiger partial charge in [-0.05, 0) is 43.4 Å². The Morgan fingerprint density at radius 1 is 1.39 bits per heavy atom. The predicted octanol–water partition coefficient (Wildman–Crippen LogP) is 3.40. The monoisotopic (exact) mass is 250 g/mol. The number of piperidine rings is 1. The van der Waals surface area contributed by atoms with Crippen molar-refractivity contribution in [1.82, 2.24) is 4.90 Å². The van der Waals surface area contributed by atoms with Crippen LogP contribution in [0.2, 0.25) is 0 Å². The number of hydrogen-bond donors (Lipinski definition) is 1. The van der Waals surface area contributed by atoms with Crippen LogP contribution in [0.15, 0.2) is 18.2 Å². The zero-order valence-electron chi connectivity index (χ0n) is 10.9. The summed E-state index contributed by atoms with van der Waals surface area (Å²) in [6, 6.07) is 4.30. The van der Waals surface area contributed by atoms with Crippen LogP contribution in [0.3, 0.4) is 0 Å². The summed E-state index contributed by atoms with van der Waals surface area (Å²) in [5.41, 5.74) is 1.42. The molecule has 2 amide bonds. The molecular formula is C14H19FN2O. The average Bonchev–Trinajstić information content (AvgIpc) is 2.34. The van der Waals surface area contributed by atoms with Crippen molar-refractivity contribution in [2.24, 2.45) is 5.92 Å². The molecule has 0 aromatic heterocycles. The highest BCUT2D eigenvalue weighted by Crippen LogP contribution is 2.19. The molecule has 0 aliphatic carbocycles. The Morgan fingerprint density at radius 2 is 2.06 bits per heavy atom. The van der Waals surface area contributed by atoms with Gasteiger partial charge in [0.05, 0.1) is 0 Å². The van der Waals surface area contributed by atoms with Crippen molar-refractivity contribution >= 4 is 11.7 Å². The molecule has 1 aromatic rings. The van der Waals surface area contributed by atoms with Crippen molar-refractivity contribution in [2.75, 3.05) is 18.4 Å². The Hall–Kier alpha value is -1.58. The minimum atomic E-state index is -0.330. The van der Waals surface area contributed by atoms with Crippen molar-refractivity contribution in [3.05, 3.63) is 29.6 Å². The molecule has 1 aromatic carbocycles. The van der Waals surface area contributed by atoms with Crippen LogP contribution < -0.4 is 5.32 Å². The van der Waals surface area contributed by atoms with E-state index in [2.05, 4.69) is 12.2 Å². The molecule has 1 saturated heterocycles. The van der Waals surface area contributed by atoms with Gasteiger partial charge >= 0.3 is 6.03 Å². The number of aryl methyl sites for hydroxylation is 1. The number of anilines is 1. The fraction of sp³-hybridized carbons (Fsp3) is 0.500. The number of hydrogen-bond acceptors (Lipinski definition) is 1. The van der Waals surface area contributed by atoms with Gasteiger partial charge in [0.2, 0.25) is 0 Å². The molecule has 0 unspecified atom stereocenters. The van der Waals surface area contributed by atoms with E-state index >= 15 is 0 Å². The van der Waals surface area contributed by atoms with Crippen LogP contribution >= 0.6 is 0 Å². The van der Waals surface area contributed by atoms with Crippen LogP contribution in [0.25, 0.3) is 0 Å². The molecule has 4 heteroatoms. The predicted molar refractivity (Wildman–Crippen MR) is 70.1 cm³/mol. The second kappa shape index (κ2) is 5.38. The average molecular weight is 250 g/mol. The van der Waals surface area contributed by atoms with Gasteiger partial charge in [-0.2, -0.15) is 0 Å². The molecular weight excluding hydrogens is 231 g/mol. The number of amides is 2. The fourth-order valence-electron chi connectivity index (χ4n) is 2.13. The lowest BCUT2D eigenvalue weighted by Crippen LogP contribution is -2.40. The van der Waals surface area contributed by atoms with E-state index in [-0.39, 0.29) is 11.8 Å². The highest BCUT2D eigenvalue weighted by molar-refractivity contribution is 5.90. The molecule has 1 aliphatic heterocycles. The Morgan fingerprint density at radius 3 is 2.72 bits per heavy atom. The molecule has 1 heterocycles. The lowest BCUT2D eigenvalue weighted by Gasteiger charge is -2.30. The summed E-state index contributed by atoms with van der Waals surface area (Å²) in [5, 5.41) is 2.78. The molecule has 0 bridgehead atoms. The van der Waals surface area contributed by atoms with Crippen molar-refractivity contribution in [3.63, 3.8) is 0 Å². The number of urea groups is 1. The highest BCUT2D eigenvalue weighted by Gasteiger charge is 2.20. The standard InChI is InChI=1S/C14H19FN2O/c1-10-5-7-17(8-6-10)14(18)16-13-9-12(15)4-3-11(13)2/h3-4,9-10H,5-8H2,1-2H3,(H,16,18). The number of rotatable bonds is 1. The largest absolute Gasteiger partial charge is 0.325 e. The lowest BCUT2D eigenvalue weighted by molar-refractivity contribution is 0.186. The number of nitrogens with zero attached hydrogens (tertiary/aromatic N) is 1. The molecule has 0 radical (unpaired) electrons. The third-order valence-electron chi connectivity index (χ3n) is 3.51. The number of halogens is 1. The van der Waals surface area contributed by atoms with Gasteiger partial charge in [0.25, 0.3) is 0 Å². The number of nitrogens with one attached hydrogen (secondary N) is 1. The summed E-state index contributed by atoms with van der Waals surface area (Å²) >= 11 is 0. The zero-order valence-corrected chi connectivity index (χ0v) is 10.9. The molecule has 1 aliphatic rings. The van der Waals surface area contributed by atoms with E-state index in [1.807, 2.05) is 6.92 Å². The second-order valence-corrected chi connectivity index (χ2v) is 5.06. The summed E-state index contributed by atoms with van der Waals surface area (Å²) in [4.78, 5) is 13.8. The van der Waals surface area contributed by atoms with Crippen LogP contribution in [0, 0.1) is 18.7 Å². The van der Waals surface area contributed by atoms with Crippen molar-refractivity contribution in [3.8, 4) is 0 Å². The van der Waals surface area contributed by atoms with Gasteiger partial charge in [-0.15, -0.1) is 0 Å². The van der Waals surface area contributed by atoms with E-state index in [1.54, 1.807) is 11.0 Å². The molecule has 3 nitrogen and oxygen atoms in total. The van der Waals surface area contributed by atoms with Gasteiger partial charge in [-0.1, -0.05) is 13.0 Å². The van der Waals surface area contributed by atoms with Gasteiger partial charge in [-0.3, -0.25) is 0 Å². The molecule has 0 spiro atoms.